The number of hydrogen-bond donors (Lipinski definition) is 1. The molecule has 1 fully saturated rings. The molecule has 1 N–H and O–H groups in total. The van der Waals surface area contributed by atoms with Crippen molar-refractivity contribution in [3.63, 3.8) is 0 Å². The number of aliphatic hydroxyl groups is 1. The number of piperidine rings is 1. The third-order valence-electron chi connectivity index (χ3n) is 6.28. The number of likely N-dealkylation sites (tertiary alicyclic amines) is 1. The average Bonchev–Trinajstić information content (AvgIpc) is 3.37. The first-order chi connectivity index (χ1) is 15.8. The van der Waals surface area contributed by atoms with Crippen LogP contribution in [0, 0.1) is 0 Å². The van der Waals surface area contributed by atoms with E-state index in [4.69, 9.17) is 4.42 Å². The summed E-state index contributed by atoms with van der Waals surface area (Å²) in [6.45, 7) is 1.35. The van der Waals surface area contributed by atoms with Gasteiger partial charge in [-0.2, -0.15) is 0 Å². The van der Waals surface area contributed by atoms with Crippen molar-refractivity contribution in [1.82, 2.24) is 9.88 Å². The Morgan fingerprint density at radius 3 is 1.84 bits per heavy atom. The van der Waals surface area contributed by atoms with Crippen molar-refractivity contribution in [3.05, 3.63) is 132 Å². The fourth-order valence-electron chi connectivity index (χ4n) is 4.85. The minimum absolute atomic E-state index is 0.500. The first-order valence-electron chi connectivity index (χ1n) is 11.0. The van der Waals surface area contributed by atoms with E-state index in [0.717, 1.165) is 12.1 Å². The summed E-state index contributed by atoms with van der Waals surface area (Å²) in [6, 6.07) is 31.9. The van der Waals surface area contributed by atoms with Gasteiger partial charge in [-0.1, -0.05) is 91.0 Å². The van der Waals surface area contributed by atoms with Crippen molar-refractivity contribution in [2.24, 2.45) is 0 Å². The van der Waals surface area contributed by atoms with Crippen molar-refractivity contribution in [1.29, 1.82) is 0 Å². The van der Waals surface area contributed by atoms with Crippen molar-refractivity contribution >= 4 is 6.08 Å². The van der Waals surface area contributed by atoms with E-state index in [-0.39, 0.29) is 0 Å². The molecule has 1 unspecified atom stereocenters. The molecule has 4 nitrogen and oxygen atoms in total. The Morgan fingerprint density at radius 1 is 0.844 bits per heavy atom. The predicted octanol–water partition coefficient (Wildman–Crippen LogP) is 5.12. The maximum Gasteiger partial charge on any atom is 0.218 e. The number of nitrogens with zero attached hydrogens (tertiary/aromatic N) is 2. The van der Waals surface area contributed by atoms with Crippen LogP contribution in [0.5, 0.6) is 0 Å². The second kappa shape index (κ2) is 8.95. The summed E-state index contributed by atoms with van der Waals surface area (Å²) in [5.74, 6) is 0.519. The zero-order chi connectivity index (χ0) is 21.8. The Balaban J connectivity index is 1.71. The number of aliphatic hydroxyl groups excluding tert-OH is 1. The molecule has 0 aliphatic carbocycles. The van der Waals surface area contributed by atoms with Crippen molar-refractivity contribution in [2.45, 2.75) is 18.1 Å². The summed E-state index contributed by atoms with van der Waals surface area (Å²) in [7, 11) is 0. The van der Waals surface area contributed by atoms with Crippen molar-refractivity contribution in [2.75, 3.05) is 13.1 Å². The maximum atomic E-state index is 10.8. The molecule has 32 heavy (non-hydrogen) atoms. The highest BCUT2D eigenvalue weighted by Gasteiger charge is 2.44. The molecule has 1 saturated heterocycles. The predicted molar refractivity (Wildman–Crippen MR) is 126 cm³/mol. The number of oxazole rings is 1. The molecular formula is C28H26N2O2. The van der Waals surface area contributed by atoms with Gasteiger partial charge >= 0.3 is 0 Å². The highest BCUT2D eigenvalue weighted by Crippen LogP contribution is 2.44. The van der Waals surface area contributed by atoms with Crippen LogP contribution in [0.3, 0.4) is 0 Å². The largest absolute Gasteiger partial charge is 0.445 e. The van der Waals surface area contributed by atoms with Crippen LogP contribution in [0.4, 0.5) is 0 Å². The molecule has 0 saturated carbocycles. The van der Waals surface area contributed by atoms with E-state index in [1.165, 1.54) is 16.7 Å². The maximum absolute atomic E-state index is 10.8. The summed E-state index contributed by atoms with van der Waals surface area (Å²) < 4.78 is 5.44. The van der Waals surface area contributed by atoms with Gasteiger partial charge in [0.25, 0.3) is 0 Å². The van der Waals surface area contributed by atoms with Crippen molar-refractivity contribution in [3.8, 4) is 0 Å². The number of benzene rings is 3. The third kappa shape index (κ3) is 3.68. The van der Waals surface area contributed by atoms with Gasteiger partial charge in [-0.15, -0.1) is 0 Å². The lowest BCUT2D eigenvalue weighted by Crippen LogP contribution is -2.52. The Labute approximate surface area is 188 Å². The first kappa shape index (κ1) is 20.4. The molecule has 4 heteroatoms. The molecule has 2 heterocycles. The van der Waals surface area contributed by atoms with Crippen molar-refractivity contribution < 1.29 is 9.52 Å². The zero-order valence-corrected chi connectivity index (χ0v) is 17.8. The lowest BCUT2D eigenvalue weighted by atomic mass is 9.74. The van der Waals surface area contributed by atoms with Gasteiger partial charge in [0.05, 0.1) is 17.8 Å². The molecule has 160 valence electrons. The van der Waals surface area contributed by atoms with E-state index in [0.29, 0.717) is 18.9 Å². The standard InChI is InChI=1S/C28H26N2O2/c31-26-16-18-30(21-22(26)20-27-29-17-19-32-27)28(23-10-4-1-5-11-23,24-12-6-2-7-13-24)25-14-8-3-9-15-25/h1-15,17,19-20,26,31H,16,18,21H2/b22-20+. The molecule has 1 atom stereocenters. The lowest BCUT2D eigenvalue weighted by molar-refractivity contribution is 0.0870. The average molecular weight is 423 g/mol. The second-order valence-corrected chi connectivity index (χ2v) is 8.12. The molecule has 4 aromatic rings. The van der Waals surface area contributed by atoms with Crippen LogP contribution in [-0.2, 0) is 5.54 Å². The minimum atomic E-state index is -0.516. The molecule has 0 bridgehead atoms. The highest BCUT2D eigenvalue weighted by atomic mass is 16.3. The summed E-state index contributed by atoms with van der Waals surface area (Å²) in [5.41, 5.74) is 4.00. The van der Waals surface area contributed by atoms with Crippen LogP contribution >= 0.6 is 0 Å². The molecule has 1 aromatic heterocycles. The quantitative estimate of drug-likeness (QED) is 0.454. The van der Waals surface area contributed by atoms with Gasteiger partial charge in [0.15, 0.2) is 0 Å². The Bertz CT molecular complexity index is 1060. The molecular weight excluding hydrogens is 396 g/mol. The van der Waals surface area contributed by atoms with Gasteiger partial charge in [0.1, 0.15) is 6.26 Å². The Hall–Kier alpha value is -3.47. The fourth-order valence-corrected chi connectivity index (χ4v) is 4.85. The summed E-state index contributed by atoms with van der Waals surface area (Å²) in [5, 5.41) is 10.8. The van der Waals surface area contributed by atoms with Gasteiger partial charge in [0, 0.05) is 19.2 Å². The Kier molecular flexibility index (Phi) is 5.71. The van der Waals surface area contributed by atoms with E-state index >= 15 is 0 Å². The molecule has 1 aliphatic rings. The minimum Gasteiger partial charge on any atom is -0.445 e. The normalized spacial score (nSPS) is 18.7. The molecule has 3 aromatic carbocycles. The monoisotopic (exact) mass is 422 g/mol. The van der Waals surface area contributed by atoms with E-state index in [9.17, 15) is 5.11 Å². The van der Waals surface area contributed by atoms with E-state index in [2.05, 4.69) is 101 Å². The zero-order valence-electron chi connectivity index (χ0n) is 17.8. The molecule has 0 radical (unpaired) electrons. The van der Waals surface area contributed by atoms with Gasteiger partial charge in [-0.25, -0.2) is 4.98 Å². The smallest absolute Gasteiger partial charge is 0.218 e. The van der Waals surface area contributed by atoms with Crippen LogP contribution < -0.4 is 0 Å². The van der Waals surface area contributed by atoms with E-state index < -0.39 is 11.6 Å². The van der Waals surface area contributed by atoms with Crippen LogP contribution in [0.25, 0.3) is 6.08 Å². The topological polar surface area (TPSA) is 49.5 Å². The SMILES string of the molecule is OC1CCN(C(c2ccccc2)(c2ccccc2)c2ccccc2)C/C1=C\c1ncco1. The summed E-state index contributed by atoms with van der Waals surface area (Å²) in [6.07, 6.45) is 5.19. The first-order valence-corrected chi connectivity index (χ1v) is 11.0. The molecule has 0 amide bonds. The molecule has 0 spiro atoms. The number of rotatable bonds is 5. The van der Waals surface area contributed by atoms with Crippen LogP contribution in [-0.4, -0.2) is 34.2 Å². The van der Waals surface area contributed by atoms with E-state index in [1.807, 2.05) is 6.08 Å². The van der Waals surface area contributed by atoms with E-state index in [1.54, 1.807) is 12.5 Å². The summed E-state index contributed by atoms with van der Waals surface area (Å²) in [4.78, 5) is 6.70. The van der Waals surface area contributed by atoms with Gasteiger partial charge in [-0.3, -0.25) is 4.90 Å². The summed E-state index contributed by atoms with van der Waals surface area (Å²) >= 11 is 0. The van der Waals surface area contributed by atoms with Gasteiger partial charge in [-0.05, 0) is 28.7 Å². The second-order valence-electron chi connectivity index (χ2n) is 8.12. The molecule has 1 aliphatic heterocycles. The van der Waals surface area contributed by atoms with Crippen LogP contribution in [0.2, 0.25) is 0 Å². The molecule has 5 rings (SSSR count). The number of aromatic nitrogens is 1. The Morgan fingerprint density at radius 2 is 1.38 bits per heavy atom. The van der Waals surface area contributed by atoms with Crippen LogP contribution in [0.15, 0.2) is 113 Å². The highest BCUT2D eigenvalue weighted by molar-refractivity contribution is 5.52. The van der Waals surface area contributed by atoms with Crippen LogP contribution in [0.1, 0.15) is 29.0 Å². The number of hydrogen-bond acceptors (Lipinski definition) is 4. The fraction of sp³-hybridized carbons (Fsp3) is 0.179. The third-order valence-corrected chi connectivity index (χ3v) is 6.28. The van der Waals surface area contributed by atoms with Gasteiger partial charge in [0.2, 0.25) is 5.89 Å². The lowest BCUT2D eigenvalue weighted by Gasteiger charge is -2.48. The van der Waals surface area contributed by atoms with Gasteiger partial charge < -0.3 is 9.52 Å².